The average molecular weight is 739 g/mol. The standard InChI is InChI=1S/C41H55ClN2O8/c1-6-21-49-41-37(44(5)40(47)48-22-18-42)26-35(43-50-7-2)33-24-29(12-8-10-19-45)32(13-9-11-20-46)38(39(33)41)34-25-31(16-17-36(34)52-41)51-30-15-14-27(3)28(4)23-30/h6,14-17,23-25,29,32,37-39,45-46H,1,7-13,18-22,26H2,2-5H3/t29-,32+,37-,38+,39+,41+/m0/s1. The van der Waals surface area contributed by atoms with Crippen LogP contribution in [-0.2, 0) is 14.3 Å². The highest BCUT2D eigenvalue weighted by Crippen LogP contribution is 2.62. The number of hydrogen-bond donors (Lipinski definition) is 2. The van der Waals surface area contributed by atoms with Gasteiger partial charge < -0.3 is 38.9 Å². The number of rotatable bonds is 18. The third kappa shape index (κ3) is 8.46. The minimum absolute atomic E-state index is 0.0600. The molecule has 1 fully saturated rings. The maximum absolute atomic E-state index is 13.6. The fraction of sp³-hybridized carbons (Fsp3) is 0.561. The van der Waals surface area contributed by atoms with E-state index < -0.39 is 23.8 Å². The van der Waals surface area contributed by atoms with Crippen LogP contribution >= 0.6 is 11.6 Å². The van der Waals surface area contributed by atoms with Gasteiger partial charge >= 0.3 is 6.09 Å². The highest BCUT2D eigenvalue weighted by molar-refractivity contribution is 6.18. The van der Waals surface area contributed by atoms with Gasteiger partial charge in [0.05, 0.1) is 24.1 Å². The molecule has 1 saturated carbocycles. The van der Waals surface area contributed by atoms with Crippen molar-refractivity contribution in [2.45, 2.75) is 83.5 Å². The lowest BCUT2D eigenvalue weighted by Crippen LogP contribution is -2.69. The molecular formula is C41H55ClN2O8. The number of benzene rings is 2. The molecule has 10 nitrogen and oxygen atoms in total. The molecule has 2 aromatic rings. The Bertz CT molecular complexity index is 1600. The van der Waals surface area contributed by atoms with Crippen LogP contribution in [0.5, 0.6) is 17.2 Å². The summed E-state index contributed by atoms with van der Waals surface area (Å²) in [5.41, 5.74) is 5.02. The molecule has 52 heavy (non-hydrogen) atoms. The van der Waals surface area contributed by atoms with Gasteiger partial charge in [0.2, 0.25) is 5.79 Å². The number of allylic oxidation sites excluding steroid dienone is 1. The van der Waals surface area contributed by atoms with Crippen LogP contribution < -0.4 is 9.47 Å². The number of ether oxygens (including phenoxy) is 4. The summed E-state index contributed by atoms with van der Waals surface area (Å²) < 4.78 is 26.0. The summed E-state index contributed by atoms with van der Waals surface area (Å²) in [6.07, 6.45) is 8.52. The molecule has 1 amide bonds. The van der Waals surface area contributed by atoms with E-state index in [0.29, 0.717) is 37.4 Å². The fourth-order valence-corrected chi connectivity index (χ4v) is 8.28. The van der Waals surface area contributed by atoms with Gasteiger partial charge in [-0.2, -0.15) is 0 Å². The SMILES string of the molecule is C=CCO[C@@]12Oc3ccc(Oc4ccc(C)c(C)c4)cc3[C@H]3[C@H](CCCCO)[C@@H](CCCCO)C=C(C(=NOCC)C[C@@H]1N(C)C(=O)OCCCl)[C@H]32. The van der Waals surface area contributed by atoms with E-state index in [1.807, 2.05) is 31.2 Å². The van der Waals surface area contributed by atoms with E-state index in [0.717, 1.165) is 53.8 Å². The number of aliphatic hydroxyl groups is 2. The van der Waals surface area contributed by atoms with Gasteiger partial charge in [0, 0.05) is 38.2 Å². The maximum Gasteiger partial charge on any atom is 0.410 e. The zero-order valence-corrected chi connectivity index (χ0v) is 31.8. The first-order valence-electron chi connectivity index (χ1n) is 18.6. The Morgan fingerprint density at radius 2 is 1.81 bits per heavy atom. The zero-order chi connectivity index (χ0) is 37.3. The lowest BCUT2D eigenvalue weighted by molar-refractivity contribution is -0.253. The van der Waals surface area contributed by atoms with Crippen molar-refractivity contribution < 1.29 is 38.8 Å². The number of aryl methyl sites for hydroxylation is 2. The van der Waals surface area contributed by atoms with Crippen LogP contribution in [0.4, 0.5) is 4.79 Å². The van der Waals surface area contributed by atoms with Crippen molar-refractivity contribution in [2.24, 2.45) is 22.9 Å². The van der Waals surface area contributed by atoms with Crippen LogP contribution in [0.15, 0.2) is 65.9 Å². The zero-order valence-electron chi connectivity index (χ0n) is 31.0. The third-order valence-corrected chi connectivity index (χ3v) is 10.9. The third-order valence-electron chi connectivity index (χ3n) is 10.7. The molecule has 0 bridgehead atoms. The molecule has 2 aliphatic carbocycles. The number of carbonyl (C=O) groups is 1. The van der Waals surface area contributed by atoms with E-state index in [9.17, 15) is 15.0 Å². The highest BCUT2D eigenvalue weighted by Gasteiger charge is 2.65. The van der Waals surface area contributed by atoms with E-state index in [-0.39, 0.29) is 50.1 Å². The normalized spacial score (nSPS) is 25.3. The Kier molecular flexibility index (Phi) is 14.1. The van der Waals surface area contributed by atoms with Gasteiger partial charge in [0.1, 0.15) is 36.5 Å². The second kappa shape index (κ2) is 18.5. The predicted octanol–water partition coefficient (Wildman–Crippen LogP) is 8.06. The molecule has 2 N–H and O–H groups in total. The molecule has 6 atom stereocenters. The van der Waals surface area contributed by atoms with Crippen molar-refractivity contribution in [3.8, 4) is 17.2 Å². The van der Waals surface area contributed by atoms with Crippen molar-refractivity contribution in [1.29, 1.82) is 0 Å². The van der Waals surface area contributed by atoms with Crippen LogP contribution in [0.3, 0.4) is 0 Å². The first kappa shape index (κ1) is 39.6. The molecule has 0 unspecified atom stereocenters. The molecule has 3 aliphatic rings. The molecule has 2 aromatic carbocycles. The summed E-state index contributed by atoms with van der Waals surface area (Å²) in [6, 6.07) is 11.3. The van der Waals surface area contributed by atoms with E-state index in [2.05, 4.69) is 43.8 Å². The molecular weight excluding hydrogens is 684 g/mol. The molecule has 11 heteroatoms. The average Bonchev–Trinajstić information content (AvgIpc) is 3.14. The molecule has 0 radical (unpaired) electrons. The number of amides is 1. The lowest BCUT2D eigenvalue weighted by Gasteiger charge is -2.59. The highest BCUT2D eigenvalue weighted by atomic mass is 35.5. The van der Waals surface area contributed by atoms with Gasteiger partial charge in [-0.1, -0.05) is 36.2 Å². The van der Waals surface area contributed by atoms with Crippen molar-refractivity contribution in [2.75, 3.05) is 46.0 Å². The van der Waals surface area contributed by atoms with Gasteiger partial charge in [-0.15, -0.1) is 18.2 Å². The van der Waals surface area contributed by atoms with Crippen LogP contribution in [0, 0.1) is 31.6 Å². The molecule has 0 saturated heterocycles. The summed E-state index contributed by atoms with van der Waals surface area (Å²) in [6.45, 7) is 10.8. The number of aliphatic hydroxyl groups excluding tert-OH is 2. The predicted molar refractivity (Wildman–Crippen MR) is 202 cm³/mol. The van der Waals surface area contributed by atoms with Crippen LogP contribution in [0.1, 0.15) is 74.5 Å². The number of oxime groups is 1. The number of alkyl halides is 1. The Morgan fingerprint density at radius 1 is 1.08 bits per heavy atom. The Hall–Kier alpha value is -3.57. The van der Waals surface area contributed by atoms with E-state index in [4.69, 9.17) is 35.4 Å². The van der Waals surface area contributed by atoms with Crippen molar-refractivity contribution in [3.63, 3.8) is 0 Å². The quantitative estimate of drug-likeness (QED) is 0.0683. The van der Waals surface area contributed by atoms with Crippen LogP contribution in [-0.4, -0.2) is 84.7 Å². The minimum atomic E-state index is -1.35. The van der Waals surface area contributed by atoms with Crippen molar-refractivity contribution in [1.82, 2.24) is 4.90 Å². The molecule has 5 rings (SSSR count). The monoisotopic (exact) mass is 738 g/mol. The molecule has 0 aromatic heterocycles. The molecule has 284 valence electrons. The Balaban J connectivity index is 1.74. The summed E-state index contributed by atoms with van der Waals surface area (Å²) in [4.78, 5) is 20.9. The summed E-state index contributed by atoms with van der Waals surface area (Å²) in [7, 11) is 1.70. The summed E-state index contributed by atoms with van der Waals surface area (Å²) >= 11 is 5.91. The van der Waals surface area contributed by atoms with Crippen molar-refractivity contribution >= 4 is 23.4 Å². The van der Waals surface area contributed by atoms with Gasteiger partial charge in [-0.25, -0.2) is 4.79 Å². The molecule has 1 heterocycles. The topological polar surface area (TPSA) is 119 Å². The van der Waals surface area contributed by atoms with E-state index in [1.54, 1.807) is 18.0 Å². The smallest absolute Gasteiger partial charge is 0.410 e. The summed E-state index contributed by atoms with van der Waals surface area (Å²) in [5, 5.41) is 24.2. The minimum Gasteiger partial charge on any atom is -0.459 e. The van der Waals surface area contributed by atoms with Gasteiger partial charge in [-0.3, -0.25) is 0 Å². The molecule has 1 aliphatic heterocycles. The van der Waals surface area contributed by atoms with Gasteiger partial charge in [0.25, 0.3) is 0 Å². The van der Waals surface area contributed by atoms with Gasteiger partial charge in [0.15, 0.2) is 0 Å². The maximum atomic E-state index is 13.6. The largest absolute Gasteiger partial charge is 0.459 e. The number of unbranched alkanes of at least 4 members (excludes halogenated alkanes) is 2. The first-order valence-corrected chi connectivity index (χ1v) is 19.2. The Morgan fingerprint density at radius 3 is 2.50 bits per heavy atom. The lowest BCUT2D eigenvalue weighted by atomic mass is 9.55. The van der Waals surface area contributed by atoms with Gasteiger partial charge in [-0.05, 0) is 105 Å². The second-order valence-corrected chi connectivity index (χ2v) is 14.3. The summed E-state index contributed by atoms with van der Waals surface area (Å²) in [5.74, 6) is 0.565. The number of carbonyl (C=O) groups excluding carboxylic acids is 1. The number of nitrogens with zero attached hydrogens (tertiary/aromatic N) is 2. The van der Waals surface area contributed by atoms with E-state index in [1.165, 1.54) is 5.56 Å². The Labute approximate surface area is 313 Å². The van der Waals surface area contributed by atoms with Crippen molar-refractivity contribution in [3.05, 3.63) is 77.4 Å². The van der Waals surface area contributed by atoms with E-state index >= 15 is 0 Å². The number of halogens is 1. The molecule has 0 spiro atoms. The van der Waals surface area contributed by atoms with Crippen LogP contribution in [0.2, 0.25) is 0 Å². The first-order chi connectivity index (χ1) is 25.2. The second-order valence-electron chi connectivity index (χ2n) is 14.0. The van der Waals surface area contributed by atoms with Crippen LogP contribution in [0.25, 0.3) is 0 Å². The fourth-order valence-electron chi connectivity index (χ4n) is 8.20. The number of fused-ring (bicyclic) bond motifs is 2. The number of likely N-dealkylation sites (N-methyl/N-ethyl adjacent to an activating group) is 1. The number of hydrogen-bond acceptors (Lipinski definition) is 9.